The summed E-state index contributed by atoms with van der Waals surface area (Å²) in [5.41, 5.74) is 4.20. The zero-order valence-corrected chi connectivity index (χ0v) is 19.1. The summed E-state index contributed by atoms with van der Waals surface area (Å²) in [5, 5.41) is 6.61. The molecule has 1 aliphatic carbocycles. The minimum Gasteiger partial charge on any atom is -0.355 e. The molecule has 6 nitrogen and oxygen atoms in total. The van der Waals surface area contributed by atoms with E-state index >= 15 is 0 Å². The molecule has 3 rings (SSSR count). The van der Waals surface area contributed by atoms with E-state index in [0.29, 0.717) is 38.3 Å². The number of fused-ring (bicyclic) bond motifs is 1. The molecule has 2 amide bonds. The van der Waals surface area contributed by atoms with Gasteiger partial charge >= 0.3 is 0 Å². The maximum absolute atomic E-state index is 11.9. The molecule has 1 aromatic carbocycles. The lowest BCUT2D eigenvalue weighted by Crippen LogP contribution is -2.46. The smallest absolute Gasteiger partial charge is 0.229 e. The van der Waals surface area contributed by atoms with E-state index in [4.69, 9.17) is 0 Å². The van der Waals surface area contributed by atoms with Gasteiger partial charge in [-0.3, -0.25) is 19.5 Å². The van der Waals surface area contributed by atoms with Crippen LogP contribution in [-0.2, 0) is 22.4 Å². The lowest BCUT2D eigenvalue weighted by atomic mass is 9.89. The van der Waals surface area contributed by atoms with Crippen molar-refractivity contribution in [1.29, 1.82) is 0 Å². The lowest BCUT2D eigenvalue weighted by molar-refractivity contribution is -0.147. The molecule has 1 saturated heterocycles. The van der Waals surface area contributed by atoms with Gasteiger partial charge in [0.05, 0.1) is 6.04 Å². The number of amides is 2. The van der Waals surface area contributed by atoms with Crippen LogP contribution in [0.4, 0.5) is 0 Å². The highest BCUT2D eigenvalue weighted by molar-refractivity contribution is 14.0. The first-order valence-corrected chi connectivity index (χ1v) is 10.0. The molecule has 7 heteroatoms. The van der Waals surface area contributed by atoms with Gasteiger partial charge in [-0.1, -0.05) is 18.2 Å². The molecule has 1 fully saturated rings. The second-order valence-corrected chi connectivity index (χ2v) is 7.39. The molecular formula is C21H31IN4O2. The molecule has 28 heavy (non-hydrogen) atoms. The van der Waals surface area contributed by atoms with Crippen molar-refractivity contribution in [2.75, 3.05) is 20.1 Å². The first kappa shape index (κ1) is 22.6. The number of nitrogens with zero attached hydrogens (tertiary/aromatic N) is 2. The van der Waals surface area contributed by atoms with Gasteiger partial charge in [0.1, 0.15) is 0 Å². The van der Waals surface area contributed by atoms with Gasteiger partial charge in [0, 0.05) is 33.0 Å². The number of halogens is 1. The number of aryl methyl sites for hydroxylation is 2. The summed E-state index contributed by atoms with van der Waals surface area (Å²) in [5.74, 6) is 0.536. The van der Waals surface area contributed by atoms with Gasteiger partial charge in [-0.2, -0.15) is 0 Å². The maximum Gasteiger partial charge on any atom is 0.229 e. The summed E-state index contributed by atoms with van der Waals surface area (Å²) in [6.45, 7) is 2.99. The summed E-state index contributed by atoms with van der Waals surface area (Å²) >= 11 is 0. The van der Waals surface area contributed by atoms with Crippen LogP contribution < -0.4 is 10.6 Å². The van der Waals surface area contributed by atoms with Crippen molar-refractivity contribution in [2.45, 2.75) is 57.9 Å². The van der Waals surface area contributed by atoms with Crippen LogP contribution in [0, 0.1) is 0 Å². The van der Waals surface area contributed by atoms with Crippen LogP contribution >= 0.6 is 24.0 Å². The Morgan fingerprint density at radius 1 is 1.07 bits per heavy atom. The number of rotatable bonds is 5. The lowest BCUT2D eigenvalue weighted by Gasteiger charge is -2.26. The van der Waals surface area contributed by atoms with E-state index in [-0.39, 0.29) is 41.8 Å². The molecule has 0 bridgehead atoms. The van der Waals surface area contributed by atoms with Crippen LogP contribution in [0.2, 0.25) is 0 Å². The van der Waals surface area contributed by atoms with E-state index in [1.807, 2.05) is 0 Å². The number of piperidine rings is 1. The maximum atomic E-state index is 11.9. The van der Waals surface area contributed by atoms with Crippen molar-refractivity contribution < 1.29 is 9.59 Å². The zero-order valence-electron chi connectivity index (χ0n) is 16.8. The number of hydrogen-bond donors (Lipinski definition) is 2. The normalized spacial score (nSPS) is 18.2. The summed E-state index contributed by atoms with van der Waals surface area (Å²) in [6, 6.07) is 6.89. The van der Waals surface area contributed by atoms with Crippen LogP contribution in [0.15, 0.2) is 23.2 Å². The highest BCUT2D eigenvalue weighted by Crippen LogP contribution is 2.24. The molecule has 1 unspecified atom stereocenters. The third-order valence-corrected chi connectivity index (χ3v) is 5.46. The van der Waals surface area contributed by atoms with Crippen LogP contribution in [0.1, 0.15) is 61.8 Å². The minimum atomic E-state index is -0.0709. The summed E-state index contributed by atoms with van der Waals surface area (Å²) < 4.78 is 0. The third kappa shape index (κ3) is 5.68. The molecule has 2 N–H and O–H groups in total. The fourth-order valence-electron chi connectivity index (χ4n) is 3.84. The zero-order chi connectivity index (χ0) is 19.2. The van der Waals surface area contributed by atoms with E-state index in [1.165, 1.54) is 47.3 Å². The molecule has 1 aliphatic heterocycles. The molecule has 1 heterocycles. The van der Waals surface area contributed by atoms with E-state index in [2.05, 4.69) is 40.7 Å². The number of imide groups is 1. The Balaban J connectivity index is 0.00000280. The highest BCUT2D eigenvalue weighted by Gasteiger charge is 2.25. The first-order valence-electron chi connectivity index (χ1n) is 10.0. The Morgan fingerprint density at radius 3 is 2.43 bits per heavy atom. The quantitative estimate of drug-likeness (QED) is 0.284. The number of carbonyl (C=O) groups is 2. The number of benzene rings is 1. The van der Waals surface area contributed by atoms with Crippen LogP contribution in [0.3, 0.4) is 0 Å². The van der Waals surface area contributed by atoms with Gasteiger partial charge in [-0.25, -0.2) is 0 Å². The largest absolute Gasteiger partial charge is 0.355 e. The standard InChI is InChI=1S/C21H30N4O2.HI/c1-15(17-11-10-16-6-3-4-7-18(16)14-17)24-21(22-2)23-12-13-25-19(26)8-5-9-20(25)27;/h10-11,14-15H,3-9,12-13H2,1-2H3,(H2,22,23,24);1H. The van der Waals surface area contributed by atoms with Crippen LogP contribution in [0.5, 0.6) is 0 Å². The number of carbonyl (C=O) groups excluding carboxylic acids is 2. The average Bonchev–Trinajstić information content (AvgIpc) is 2.68. The summed E-state index contributed by atoms with van der Waals surface area (Å²) in [4.78, 5) is 29.3. The fraction of sp³-hybridized carbons (Fsp3) is 0.571. The third-order valence-electron chi connectivity index (χ3n) is 5.46. The number of aliphatic imine (C=N–C) groups is 1. The molecule has 1 atom stereocenters. The average molecular weight is 498 g/mol. The second kappa shape index (κ2) is 10.8. The predicted molar refractivity (Wildman–Crippen MR) is 122 cm³/mol. The topological polar surface area (TPSA) is 73.8 Å². The Labute approximate surface area is 184 Å². The minimum absolute atomic E-state index is 0. The van der Waals surface area contributed by atoms with Gasteiger partial charge in [-0.15, -0.1) is 24.0 Å². The van der Waals surface area contributed by atoms with Crippen molar-refractivity contribution in [3.63, 3.8) is 0 Å². The molecule has 0 spiro atoms. The van der Waals surface area contributed by atoms with Gasteiger partial charge in [0.15, 0.2) is 5.96 Å². The van der Waals surface area contributed by atoms with Gasteiger partial charge in [0.25, 0.3) is 0 Å². The fourth-order valence-corrected chi connectivity index (χ4v) is 3.84. The van der Waals surface area contributed by atoms with Crippen molar-refractivity contribution in [3.05, 3.63) is 34.9 Å². The Kier molecular flexibility index (Phi) is 8.72. The summed E-state index contributed by atoms with van der Waals surface area (Å²) in [6.07, 6.45) is 6.52. The highest BCUT2D eigenvalue weighted by atomic mass is 127. The molecule has 0 aromatic heterocycles. The van der Waals surface area contributed by atoms with Crippen molar-refractivity contribution >= 4 is 41.8 Å². The summed E-state index contributed by atoms with van der Waals surface area (Å²) in [7, 11) is 1.73. The molecule has 0 radical (unpaired) electrons. The molecular weight excluding hydrogens is 467 g/mol. The Bertz CT molecular complexity index is 719. The second-order valence-electron chi connectivity index (χ2n) is 7.39. The van der Waals surface area contributed by atoms with Crippen molar-refractivity contribution in [1.82, 2.24) is 15.5 Å². The number of hydrogen-bond acceptors (Lipinski definition) is 3. The van der Waals surface area contributed by atoms with Crippen molar-refractivity contribution in [3.8, 4) is 0 Å². The van der Waals surface area contributed by atoms with Gasteiger partial charge in [-0.05, 0) is 55.7 Å². The molecule has 0 saturated carbocycles. The number of guanidine groups is 1. The SMILES string of the molecule is CN=C(NCCN1C(=O)CCCC1=O)NC(C)c1ccc2c(c1)CCCC2.I. The van der Waals surface area contributed by atoms with Crippen molar-refractivity contribution in [2.24, 2.45) is 4.99 Å². The van der Waals surface area contributed by atoms with E-state index in [0.717, 1.165) is 0 Å². The molecule has 154 valence electrons. The Hall–Kier alpha value is -1.64. The van der Waals surface area contributed by atoms with E-state index in [1.54, 1.807) is 7.05 Å². The monoisotopic (exact) mass is 498 g/mol. The number of nitrogens with one attached hydrogen (secondary N) is 2. The Morgan fingerprint density at radius 2 is 1.75 bits per heavy atom. The van der Waals surface area contributed by atoms with Crippen LogP contribution in [-0.4, -0.2) is 42.8 Å². The van der Waals surface area contributed by atoms with E-state index < -0.39 is 0 Å². The molecule has 1 aromatic rings. The molecule has 2 aliphatic rings. The number of likely N-dealkylation sites (tertiary alicyclic amines) is 1. The predicted octanol–water partition coefficient (Wildman–Crippen LogP) is 2.95. The van der Waals surface area contributed by atoms with E-state index in [9.17, 15) is 9.59 Å². The van der Waals surface area contributed by atoms with Crippen LogP contribution in [0.25, 0.3) is 0 Å². The van der Waals surface area contributed by atoms with Gasteiger partial charge < -0.3 is 10.6 Å². The first-order chi connectivity index (χ1) is 13.1. The van der Waals surface area contributed by atoms with Gasteiger partial charge in [0.2, 0.25) is 11.8 Å².